The van der Waals surface area contributed by atoms with Crippen molar-refractivity contribution in [2.75, 3.05) is 45.9 Å². The van der Waals surface area contributed by atoms with Gasteiger partial charge in [0.15, 0.2) is 0 Å². The van der Waals surface area contributed by atoms with Crippen molar-refractivity contribution in [1.29, 1.82) is 0 Å². The fourth-order valence-corrected chi connectivity index (χ4v) is 5.26. The van der Waals surface area contributed by atoms with Gasteiger partial charge in [0.1, 0.15) is 5.56 Å². The molecular formula is C27H38N4O4. The maximum atomic E-state index is 13.2. The molecule has 1 aromatic carbocycles. The molecule has 1 atom stereocenters. The van der Waals surface area contributed by atoms with Gasteiger partial charge >= 0.3 is 0 Å². The van der Waals surface area contributed by atoms with Crippen molar-refractivity contribution in [3.05, 3.63) is 45.7 Å². The van der Waals surface area contributed by atoms with Gasteiger partial charge in [0.2, 0.25) is 5.91 Å². The van der Waals surface area contributed by atoms with Gasteiger partial charge in [0, 0.05) is 31.1 Å². The van der Waals surface area contributed by atoms with Crippen LogP contribution in [0.3, 0.4) is 0 Å². The maximum Gasteiger partial charge on any atom is 0.264 e. The minimum absolute atomic E-state index is 0.0500. The van der Waals surface area contributed by atoms with Crippen LogP contribution in [0.5, 0.6) is 0 Å². The van der Waals surface area contributed by atoms with Gasteiger partial charge in [-0.3, -0.25) is 19.3 Å². The third-order valence-corrected chi connectivity index (χ3v) is 7.49. The van der Waals surface area contributed by atoms with Crippen molar-refractivity contribution < 1.29 is 14.3 Å². The number of aryl methyl sites for hydroxylation is 1. The molecule has 4 rings (SSSR count). The Hall–Kier alpha value is -2.71. The standard InChI is InChI=1S/C27H38N4O4/c1-18(2)31-24-7-5-6-19(3)22(24)16-23(27(31)34)25(32)28-17-21-8-10-29(11-9-21)20(4)26(33)30-12-14-35-15-13-30/h5-7,16,18,20-21H,8-15,17H2,1-4H3,(H,28,32). The van der Waals surface area contributed by atoms with Gasteiger partial charge in [0.25, 0.3) is 11.5 Å². The number of ether oxygens (including phenoxy) is 1. The van der Waals surface area contributed by atoms with Crippen molar-refractivity contribution in [2.45, 2.75) is 52.6 Å². The number of hydrogen-bond acceptors (Lipinski definition) is 5. The molecule has 8 nitrogen and oxygen atoms in total. The van der Waals surface area contributed by atoms with Crippen LogP contribution in [0.4, 0.5) is 0 Å². The summed E-state index contributed by atoms with van der Waals surface area (Å²) in [6.07, 6.45) is 1.82. The van der Waals surface area contributed by atoms with E-state index in [0.717, 1.165) is 42.4 Å². The highest BCUT2D eigenvalue weighted by atomic mass is 16.5. The van der Waals surface area contributed by atoms with Gasteiger partial charge in [-0.05, 0) is 77.2 Å². The lowest BCUT2D eigenvalue weighted by molar-refractivity contribution is -0.141. The molecule has 35 heavy (non-hydrogen) atoms. The molecule has 2 fully saturated rings. The smallest absolute Gasteiger partial charge is 0.264 e. The molecule has 0 bridgehead atoms. The minimum atomic E-state index is -0.312. The van der Waals surface area contributed by atoms with Gasteiger partial charge in [-0.2, -0.15) is 0 Å². The summed E-state index contributed by atoms with van der Waals surface area (Å²) >= 11 is 0. The first-order valence-corrected chi connectivity index (χ1v) is 12.8. The fourth-order valence-electron chi connectivity index (χ4n) is 5.26. The molecule has 1 unspecified atom stereocenters. The summed E-state index contributed by atoms with van der Waals surface area (Å²) in [5.41, 5.74) is 1.84. The molecular weight excluding hydrogens is 444 g/mol. The van der Waals surface area contributed by atoms with Gasteiger partial charge in [-0.25, -0.2) is 0 Å². The van der Waals surface area contributed by atoms with Crippen LogP contribution in [0.2, 0.25) is 0 Å². The molecule has 1 aromatic heterocycles. The van der Waals surface area contributed by atoms with Crippen molar-refractivity contribution in [2.24, 2.45) is 5.92 Å². The van der Waals surface area contributed by atoms with Crippen LogP contribution in [0, 0.1) is 12.8 Å². The zero-order valence-corrected chi connectivity index (χ0v) is 21.4. The van der Waals surface area contributed by atoms with Gasteiger partial charge in [-0.15, -0.1) is 0 Å². The van der Waals surface area contributed by atoms with E-state index in [1.807, 2.05) is 50.8 Å². The number of hydrogen-bond donors (Lipinski definition) is 1. The molecule has 0 saturated carbocycles. The molecule has 2 aromatic rings. The van der Waals surface area contributed by atoms with Crippen LogP contribution >= 0.6 is 0 Å². The van der Waals surface area contributed by atoms with Crippen LogP contribution in [-0.2, 0) is 9.53 Å². The summed E-state index contributed by atoms with van der Waals surface area (Å²) in [5, 5.41) is 3.95. The number of pyridine rings is 1. The second-order valence-electron chi connectivity index (χ2n) is 10.1. The number of carbonyl (C=O) groups excluding carboxylic acids is 2. The Bertz CT molecular complexity index is 1130. The molecule has 2 saturated heterocycles. The predicted octanol–water partition coefficient (Wildman–Crippen LogP) is 2.58. The van der Waals surface area contributed by atoms with Crippen molar-refractivity contribution in [1.82, 2.24) is 19.7 Å². The van der Waals surface area contributed by atoms with E-state index in [9.17, 15) is 14.4 Å². The van der Waals surface area contributed by atoms with E-state index < -0.39 is 0 Å². The Labute approximate surface area is 207 Å². The van der Waals surface area contributed by atoms with Crippen LogP contribution in [0.15, 0.2) is 29.1 Å². The molecule has 190 valence electrons. The predicted molar refractivity (Wildman–Crippen MR) is 137 cm³/mol. The molecule has 2 aliphatic heterocycles. The van der Waals surface area contributed by atoms with Crippen LogP contribution < -0.4 is 10.9 Å². The normalized spacial score (nSPS) is 18.7. The van der Waals surface area contributed by atoms with Crippen molar-refractivity contribution >= 4 is 22.7 Å². The average molecular weight is 483 g/mol. The average Bonchev–Trinajstić information content (AvgIpc) is 2.87. The van der Waals surface area contributed by atoms with Gasteiger partial charge < -0.3 is 19.5 Å². The number of nitrogens with one attached hydrogen (secondary N) is 1. The summed E-state index contributed by atoms with van der Waals surface area (Å²) in [6.45, 7) is 12.6. The number of fused-ring (bicyclic) bond motifs is 1. The summed E-state index contributed by atoms with van der Waals surface area (Å²) in [7, 11) is 0. The lowest BCUT2D eigenvalue weighted by Crippen LogP contribution is -2.52. The lowest BCUT2D eigenvalue weighted by Gasteiger charge is -2.38. The summed E-state index contributed by atoms with van der Waals surface area (Å²) in [5.74, 6) is 0.191. The van der Waals surface area contributed by atoms with E-state index in [1.54, 1.807) is 10.6 Å². The molecule has 2 amide bonds. The largest absolute Gasteiger partial charge is 0.378 e. The Morgan fingerprint density at radius 1 is 1.09 bits per heavy atom. The minimum Gasteiger partial charge on any atom is -0.378 e. The Kier molecular flexibility index (Phi) is 7.91. The first-order valence-electron chi connectivity index (χ1n) is 12.8. The first-order chi connectivity index (χ1) is 16.8. The highest BCUT2D eigenvalue weighted by Gasteiger charge is 2.30. The topological polar surface area (TPSA) is 83.9 Å². The molecule has 0 aliphatic carbocycles. The summed E-state index contributed by atoms with van der Waals surface area (Å²) in [4.78, 5) is 43.2. The first kappa shape index (κ1) is 25.4. The van der Waals surface area contributed by atoms with E-state index in [2.05, 4.69) is 10.2 Å². The molecule has 1 N–H and O–H groups in total. The third kappa shape index (κ3) is 5.43. The van der Waals surface area contributed by atoms with Crippen molar-refractivity contribution in [3.8, 4) is 0 Å². The van der Waals surface area contributed by atoms with Crippen LogP contribution in [0.1, 0.15) is 55.6 Å². The highest BCUT2D eigenvalue weighted by Crippen LogP contribution is 2.22. The summed E-state index contributed by atoms with van der Waals surface area (Å²) < 4.78 is 7.07. The van der Waals surface area contributed by atoms with E-state index in [4.69, 9.17) is 4.74 Å². The second-order valence-corrected chi connectivity index (χ2v) is 10.1. The number of nitrogens with zero attached hydrogens (tertiary/aromatic N) is 3. The molecule has 2 aliphatic rings. The number of piperidine rings is 1. The van der Waals surface area contributed by atoms with E-state index in [-0.39, 0.29) is 35.0 Å². The van der Waals surface area contributed by atoms with E-state index in [1.165, 1.54) is 0 Å². The van der Waals surface area contributed by atoms with Gasteiger partial charge in [-0.1, -0.05) is 12.1 Å². The number of morpholine rings is 1. The number of rotatable bonds is 6. The molecule has 0 radical (unpaired) electrons. The monoisotopic (exact) mass is 482 g/mol. The molecule has 3 heterocycles. The maximum absolute atomic E-state index is 13.2. The quantitative estimate of drug-likeness (QED) is 0.684. The van der Waals surface area contributed by atoms with Gasteiger partial charge in [0.05, 0.1) is 24.8 Å². The van der Waals surface area contributed by atoms with Crippen LogP contribution in [0.25, 0.3) is 10.9 Å². The Morgan fingerprint density at radius 3 is 2.43 bits per heavy atom. The number of aromatic nitrogens is 1. The molecule has 8 heteroatoms. The van der Waals surface area contributed by atoms with E-state index >= 15 is 0 Å². The Morgan fingerprint density at radius 2 is 1.77 bits per heavy atom. The number of likely N-dealkylation sites (tertiary alicyclic amines) is 1. The zero-order valence-electron chi connectivity index (χ0n) is 21.4. The summed E-state index contributed by atoms with van der Waals surface area (Å²) in [6, 6.07) is 7.42. The highest BCUT2D eigenvalue weighted by molar-refractivity contribution is 5.98. The number of benzene rings is 1. The third-order valence-electron chi connectivity index (χ3n) is 7.49. The zero-order chi connectivity index (χ0) is 25.1. The number of amides is 2. The van der Waals surface area contributed by atoms with E-state index in [0.29, 0.717) is 38.8 Å². The Balaban J connectivity index is 1.37. The van der Waals surface area contributed by atoms with Crippen LogP contribution in [-0.4, -0.2) is 78.2 Å². The SMILES string of the molecule is Cc1cccc2c1cc(C(=O)NCC1CCN(C(C)C(=O)N3CCOCC3)CC1)c(=O)n2C(C)C. The molecule has 0 spiro atoms. The lowest BCUT2D eigenvalue weighted by atomic mass is 9.95. The number of carbonyl (C=O) groups is 2. The fraction of sp³-hybridized carbons (Fsp3) is 0.593. The second kappa shape index (κ2) is 10.9. The van der Waals surface area contributed by atoms with Crippen molar-refractivity contribution in [3.63, 3.8) is 0 Å².